The number of nitrogens with zero attached hydrogens (tertiary/aromatic N) is 2. The lowest BCUT2D eigenvalue weighted by atomic mass is 10.1. The van der Waals surface area contributed by atoms with E-state index in [1.165, 1.54) is 25.7 Å². The van der Waals surface area contributed by atoms with Crippen LogP contribution < -0.4 is 5.32 Å². The Morgan fingerprint density at radius 1 is 1.47 bits per heavy atom. The molecular weight excluding hydrogens is 254 g/mol. The summed E-state index contributed by atoms with van der Waals surface area (Å²) in [5.74, 6) is 0. The highest BCUT2D eigenvalue weighted by atomic mass is 32.2. The highest BCUT2D eigenvalue weighted by Crippen LogP contribution is 2.39. The summed E-state index contributed by atoms with van der Waals surface area (Å²) in [5.41, 5.74) is 1.16. The van der Waals surface area contributed by atoms with Crippen LogP contribution in [0.2, 0.25) is 0 Å². The average Bonchev–Trinajstić information content (AvgIpc) is 3.08. The fourth-order valence-corrected chi connectivity index (χ4v) is 3.74. The predicted octanol–water partition coefficient (Wildman–Crippen LogP) is 3.62. The number of nitrogens with one attached hydrogen (secondary N) is 1. The minimum atomic E-state index is 0.485. The van der Waals surface area contributed by atoms with E-state index in [0.29, 0.717) is 10.8 Å². The van der Waals surface area contributed by atoms with Gasteiger partial charge in [0.2, 0.25) is 0 Å². The molecule has 1 atom stereocenters. The van der Waals surface area contributed by atoms with Crippen molar-refractivity contribution in [2.75, 3.05) is 12.8 Å². The fraction of sp³-hybridized carbons (Fsp3) is 0.800. The third-order valence-electron chi connectivity index (χ3n) is 4.41. The molecule has 1 aromatic rings. The molecule has 1 N–H and O–H groups in total. The van der Waals surface area contributed by atoms with Crippen molar-refractivity contribution < 1.29 is 0 Å². The van der Waals surface area contributed by atoms with Crippen LogP contribution in [0.15, 0.2) is 12.3 Å². The second-order valence-electron chi connectivity index (χ2n) is 5.74. The summed E-state index contributed by atoms with van der Waals surface area (Å²) >= 11 is 2.04. The first-order chi connectivity index (χ1) is 9.19. The van der Waals surface area contributed by atoms with Gasteiger partial charge in [-0.3, -0.25) is 4.68 Å². The number of rotatable bonds is 7. The molecule has 1 aliphatic carbocycles. The predicted molar refractivity (Wildman–Crippen MR) is 83.6 cm³/mol. The van der Waals surface area contributed by atoms with Crippen LogP contribution in [0.4, 0.5) is 0 Å². The van der Waals surface area contributed by atoms with E-state index in [9.17, 15) is 0 Å². The Balaban J connectivity index is 1.80. The zero-order valence-electron chi connectivity index (χ0n) is 12.5. The SMILES string of the molecule is CCC(C)n1ccc(CNCC2(SC)CCCC2)n1. The van der Waals surface area contributed by atoms with E-state index in [1.807, 2.05) is 11.8 Å². The smallest absolute Gasteiger partial charge is 0.0762 e. The molecule has 0 aliphatic heterocycles. The Morgan fingerprint density at radius 3 is 2.84 bits per heavy atom. The van der Waals surface area contributed by atoms with Crippen molar-refractivity contribution in [3.05, 3.63) is 18.0 Å². The van der Waals surface area contributed by atoms with Crippen molar-refractivity contribution in [2.24, 2.45) is 0 Å². The number of hydrogen-bond acceptors (Lipinski definition) is 3. The maximum atomic E-state index is 4.64. The van der Waals surface area contributed by atoms with Gasteiger partial charge >= 0.3 is 0 Å². The van der Waals surface area contributed by atoms with Crippen molar-refractivity contribution >= 4 is 11.8 Å². The summed E-state index contributed by atoms with van der Waals surface area (Å²) in [6.07, 6.45) is 11.0. The molecular formula is C15H27N3S. The second kappa shape index (κ2) is 6.80. The minimum Gasteiger partial charge on any atom is -0.310 e. The average molecular weight is 281 g/mol. The minimum absolute atomic E-state index is 0.485. The van der Waals surface area contributed by atoms with Gasteiger partial charge in [0.05, 0.1) is 5.69 Å². The van der Waals surface area contributed by atoms with Crippen molar-refractivity contribution in [1.29, 1.82) is 0 Å². The summed E-state index contributed by atoms with van der Waals surface area (Å²) in [4.78, 5) is 0. The normalized spacial score (nSPS) is 19.7. The molecule has 0 amide bonds. The van der Waals surface area contributed by atoms with Crippen LogP contribution in [0.25, 0.3) is 0 Å². The van der Waals surface area contributed by atoms with Gasteiger partial charge in [-0.2, -0.15) is 16.9 Å². The Morgan fingerprint density at radius 2 is 2.21 bits per heavy atom. The Labute approximate surface area is 121 Å². The third-order valence-corrected chi connectivity index (χ3v) is 5.83. The molecule has 19 heavy (non-hydrogen) atoms. The first-order valence-corrected chi connectivity index (χ1v) is 8.71. The molecule has 1 aromatic heterocycles. The van der Waals surface area contributed by atoms with Crippen molar-refractivity contribution in [3.8, 4) is 0 Å². The summed E-state index contributed by atoms with van der Waals surface area (Å²) < 4.78 is 2.57. The van der Waals surface area contributed by atoms with Gasteiger partial charge < -0.3 is 5.32 Å². The lowest BCUT2D eigenvalue weighted by Gasteiger charge is -2.26. The van der Waals surface area contributed by atoms with Crippen LogP contribution in [0, 0.1) is 0 Å². The molecule has 0 radical (unpaired) electrons. The highest BCUT2D eigenvalue weighted by Gasteiger charge is 2.32. The molecule has 1 fully saturated rings. The van der Waals surface area contributed by atoms with Crippen LogP contribution in [-0.4, -0.2) is 27.3 Å². The molecule has 1 aliphatic rings. The Kier molecular flexibility index (Phi) is 5.34. The van der Waals surface area contributed by atoms with Crippen molar-refractivity contribution in [2.45, 2.75) is 63.3 Å². The van der Waals surface area contributed by atoms with Gasteiger partial charge in [-0.05, 0) is 38.5 Å². The van der Waals surface area contributed by atoms with Crippen molar-refractivity contribution in [1.82, 2.24) is 15.1 Å². The lowest BCUT2D eigenvalue weighted by molar-refractivity contribution is 0.468. The summed E-state index contributed by atoms with van der Waals surface area (Å²) in [6.45, 7) is 6.42. The molecule has 1 heterocycles. The van der Waals surface area contributed by atoms with Crippen LogP contribution in [-0.2, 0) is 6.54 Å². The zero-order valence-corrected chi connectivity index (χ0v) is 13.3. The monoisotopic (exact) mass is 281 g/mol. The van der Waals surface area contributed by atoms with Gasteiger partial charge in [0, 0.05) is 30.1 Å². The van der Waals surface area contributed by atoms with E-state index in [-0.39, 0.29) is 0 Å². The molecule has 0 aromatic carbocycles. The first kappa shape index (κ1) is 14.9. The van der Waals surface area contributed by atoms with Gasteiger partial charge in [-0.1, -0.05) is 19.8 Å². The number of thioether (sulfide) groups is 1. The molecule has 0 spiro atoms. The summed E-state index contributed by atoms with van der Waals surface area (Å²) in [5, 5.41) is 8.25. The largest absolute Gasteiger partial charge is 0.310 e. The molecule has 3 nitrogen and oxygen atoms in total. The molecule has 0 bridgehead atoms. The van der Waals surface area contributed by atoms with Gasteiger partial charge in [-0.25, -0.2) is 0 Å². The molecule has 108 valence electrons. The van der Waals surface area contributed by atoms with E-state index < -0.39 is 0 Å². The van der Waals surface area contributed by atoms with Crippen LogP contribution in [0.1, 0.15) is 57.7 Å². The Hall–Kier alpha value is -0.480. The highest BCUT2D eigenvalue weighted by molar-refractivity contribution is 8.00. The number of hydrogen-bond donors (Lipinski definition) is 1. The molecule has 0 saturated heterocycles. The van der Waals surface area contributed by atoms with E-state index in [2.05, 4.69) is 47.5 Å². The molecule has 4 heteroatoms. The molecule has 1 saturated carbocycles. The standard InChI is InChI=1S/C15H27N3S/c1-4-13(2)18-10-7-14(17-18)11-16-12-15(19-3)8-5-6-9-15/h7,10,13,16H,4-6,8-9,11-12H2,1-3H3. The summed E-state index contributed by atoms with van der Waals surface area (Å²) in [6, 6.07) is 2.64. The lowest BCUT2D eigenvalue weighted by Crippen LogP contribution is -2.34. The summed E-state index contributed by atoms with van der Waals surface area (Å²) in [7, 11) is 0. The van der Waals surface area contributed by atoms with E-state index in [0.717, 1.165) is 25.2 Å². The first-order valence-electron chi connectivity index (χ1n) is 7.49. The second-order valence-corrected chi connectivity index (χ2v) is 7.02. The quantitative estimate of drug-likeness (QED) is 0.828. The maximum Gasteiger partial charge on any atom is 0.0762 e. The molecule has 2 rings (SSSR count). The van der Waals surface area contributed by atoms with E-state index >= 15 is 0 Å². The third kappa shape index (κ3) is 3.76. The molecule has 1 unspecified atom stereocenters. The van der Waals surface area contributed by atoms with Crippen LogP contribution >= 0.6 is 11.8 Å². The van der Waals surface area contributed by atoms with E-state index in [1.54, 1.807) is 0 Å². The van der Waals surface area contributed by atoms with Gasteiger partial charge in [-0.15, -0.1) is 0 Å². The van der Waals surface area contributed by atoms with E-state index in [4.69, 9.17) is 0 Å². The van der Waals surface area contributed by atoms with Gasteiger partial charge in [0.25, 0.3) is 0 Å². The topological polar surface area (TPSA) is 29.9 Å². The van der Waals surface area contributed by atoms with Gasteiger partial charge in [0.1, 0.15) is 0 Å². The number of aromatic nitrogens is 2. The van der Waals surface area contributed by atoms with Crippen molar-refractivity contribution in [3.63, 3.8) is 0 Å². The fourth-order valence-electron chi connectivity index (χ4n) is 2.79. The van der Waals surface area contributed by atoms with Crippen LogP contribution in [0.5, 0.6) is 0 Å². The van der Waals surface area contributed by atoms with Crippen LogP contribution in [0.3, 0.4) is 0 Å². The maximum absolute atomic E-state index is 4.64. The zero-order chi connectivity index (χ0) is 13.7. The van der Waals surface area contributed by atoms with Gasteiger partial charge in [0.15, 0.2) is 0 Å². The Bertz CT molecular complexity index is 382.